The summed E-state index contributed by atoms with van der Waals surface area (Å²) in [6.45, 7) is 7.42. The van der Waals surface area contributed by atoms with Crippen molar-refractivity contribution in [3.63, 3.8) is 0 Å². The highest BCUT2D eigenvalue weighted by atomic mass is 35.5. The van der Waals surface area contributed by atoms with Crippen LogP contribution < -0.4 is 22.1 Å². The van der Waals surface area contributed by atoms with Gasteiger partial charge >= 0.3 is 0 Å². The van der Waals surface area contributed by atoms with Gasteiger partial charge in [-0.15, -0.1) is 0 Å². The highest BCUT2D eigenvalue weighted by Gasteiger charge is 2.34. The minimum Gasteiger partial charge on any atom is -0.383 e. The maximum Gasteiger partial charge on any atom is 0.271 e. The number of likely N-dealkylation sites (tertiary alicyclic amines) is 1. The van der Waals surface area contributed by atoms with Crippen molar-refractivity contribution in [2.24, 2.45) is 5.73 Å². The highest BCUT2D eigenvalue weighted by molar-refractivity contribution is 6.32. The Labute approximate surface area is 209 Å². The van der Waals surface area contributed by atoms with Gasteiger partial charge in [-0.3, -0.25) is 14.6 Å². The summed E-state index contributed by atoms with van der Waals surface area (Å²) in [5.74, 6) is 0.275. The Kier molecular flexibility index (Phi) is 7.61. The van der Waals surface area contributed by atoms with E-state index in [2.05, 4.69) is 36.6 Å². The van der Waals surface area contributed by atoms with Gasteiger partial charge in [0.15, 0.2) is 22.5 Å². The predicted octanol–water partition coefficient (Wildman–Crippen LogP) is 2.01. The number of carbonyl (C=O) groups excluding carboxylic acids is 1. The van der Waals surface area contributed by atoms with Gasteiger partial charge in [-0.1, -0.05) is 36.2 Å². The van der Waals surface area contributed by atoms with E-state index in [1.807, 2.05) is 6.07 Å². The number of hydrogen-bond donors (Lipinski definition) is 3. The van der Waals surface area contributed by atoms with Crippen molar-refractivity contribution in [2.75, 3.05) is 49.1 Å². The number of hydrogen-bond acceptors (Lipinski definition) is 9. The van der Waals surface area contributed by atoms with Crippen LogP contribution in [-0.4, -0.2) is 75.5 Å². The average molecular weight is 508 g/mol. The Hall–Kier alpha value is -2.40. The third-order valence-corrected chi connectivity index (χ3v) is 7.26. The first-order valence-corrected chi connectivity index (χ1v) is 12.3. The summed E-state index contributed by atoms with van der Waals surface area (Å²) < 4.78 is 0. The maximum atomic E-state index is 11.5. The Balaban J connectivity index is 1.37. The molecule has 2 aliphatic rings. The van der Waals surface area contributed by atoms with E-state index >= 15 is 0 Å². The number of piperidine rings is 1. The first-order chi connectivity index (χ1) is 16.3. The molecule has 0 spiro atoms. The molecule has 34 heavy (non-hydrogen) atoms. The molecule has 184 valence electrons. The molecular formula is C22H31Cl2N9O. The number of anilines is 3. The molecule has 0 bridgehead atoms. The molecule has 2 aliphatic heterocycles. The lowest BCUT2D eigenvalue weighted by atomic mass is 9.98. The molecule has 0 radical (unpaired) electrons. The van der Waals surface area contributed by atoms with E-state index in [1.54, 1.807) is 6.07 Å². The van der Waals surface area contributed by atoms with E-state index in [-0.39, 0.29) is 16.7 Å². The fraction of sp³-hybridized carbons (Fsp3) is 0.545. The highest BCUT2D eigenvalue weighted by Crippen LogP contribution is 2.30. The largest absolute Gasteiger partial charge is 0.383 e. The molecule has 4 rings (SSSR count). The standard InChI is InChI=1S/C22H31Cl2N9O/c1-2-14-12-32(22-18(24)29-17(21(27)34)20(26)30-22)9-10-33(14)15-5-7-31(8-6-15)11-13-3-4-16(23)28-19(13)25/h3-4,14-15H,2,5-12H2,1H3,(H2,25,28)(H2,26,30)(H2,27,34). The SMILES string of the molecule is CCC1CN(c2nc(N)c(C(N)=O)nc2Cl)CCN1C1CCN(Cc2ccc(Cl)nc2N)CC1. The van der Waals surface area contributed by atoms with Gasteiger partial charge in [0.25, 0.3) is 5.91 Å². The van der Waals surface area contributed by atoms with Crippen LogP contribution in [0.1, 0.15) is 42.2 Å². The number of amides is 1. The van der Waals surface area contributed by atoms with Crippen molar-refractivity contribution in [3.05, 3.63) is 33.7 Å². The summed E-state index contributed by atoms with van der Waals surface area (Å²) in [5, 5.41) is 0.569. The molecule has 10 nitrogen and oxygen atoms in total. The topological polar surface area (TPSA) is 144 Å². The van der Waals surface area contributed by atoms with Gasteiger partial charge in [0.05, 0.1) is 0 Å². The number of nitrogen functional groups attached to an aromatic ring is 2. The van der Waals surface area contributed by atoms with Crippen LogP contribution in [0.5, 0.6) is 0 Å². The van der Waals surface area contributed by atoms with E-state index in [0.717, 1.165) is 64.1 Å². The summed E-state index contributed by atoms with van der Waals surface area (Å²) in [6, 6.07) is 4.63. The lowest BCUT2D eigenvalue weighted by molar-refractivity contribution is 0.0611. The van der Waals surface area contributed by atoms with E-state index < -0.39 is 5.91 Å². The van der Waals surface area contributed by atoms with Crippen molar-refractivity contribution in [2.45, 2.75) is 44.8 Å². The minimum atomic E-state index is -0.740. The number of piperazine rings is 1. The summed E-state index contributed by atoms with van der Waals surface area (Å²) in [6.07, 6.45) is 3.19. The van der Waals surface area contributed by atoms with Gasteiger partial charge in [0.1, 0.15) is 11.0 Å². The van der Waals surface area contributed by atoms with Crippen molar-refractivity contribution >= 4 is 46.6 Å². The Morgan fingerprint density at radius 2 is 1.79 bits per heavy atom. The van der Waals surface area contributed by atoms with Crippen LogP contribution in [-0.2, 0) is 6.54 Å². The number of rotatable bonds is 6. The van der Waals surface area contributed by atoms with Crippen LogP contribution in [0, 0.1) is 0 Å². The second-order valence-electron chi connectivity index (χ2n) is 8.87. The Bertz CT molecular complexity index is 1050. The quantitative estimate of drug-likeness (QED) is 0.499. The minimum absolute atomic E-state index is 0.00581. The third-order valence-electron chi connectivity index (χ3n) is 6.79. The summed E-state index contributed by atoms with van der Waals surface area (Å²) in [4.78, 5) is 31.2. The first-order valence-electron chi connectivity index (χ1n) is 11.5. The molecule has 6 N–H and O–H groups in total. The monoisotopic (exact) mass is 507 g/mol. The van der Waals surface area contributed by atoms with Crippen LogP contribution in [0.25, 0.3) is 0 Å². The van der Waals surface area contributed by atoms with E-state index in [0.29, 0.717) is 28.9 Å². The van der Waals surface area contributed by atoms with E-state index in [9.17, 15) is 4.79 Å². The van der Waals surface area contributed by atoms with Crippen LogP contribution in [0.4, 0.5) is 17.5 Å². The number of primary amides is 1. The predicted molar refractivity (Wildman–Crippen MR) is 135 cm³/mol. The molecule has 4 heterocycles. The molecular weight excluding hydrogens is 477 g/mol. The fourth-order valence-corrected chi connectivity index (χ4v) is 5.37. The number of nitrogens with zero attached hydrogens (tertiary/aromatic N) is 6. The van der Waals surface area contributed by atoms with Gasteiger partial charge in [0.2, 0.25) is 0 Å². The molecule has 2 aromatic heterocycles. The molecule has 2 aromatic rings. The third kappa shape index (κ3) is 5.30. The zero-order valence-electron chi connectivity index (χ0n) is 19.3. The number of nitrogens with two attached hydrogens (primary N) is 3. The van der Waals surface area contributed by atoms with Crippen molar-refractivity contribution in [3.8, 4) is 0 Å². The second kappa shape index (κ2) is 10.5. The molecule has 1 amide bonds. The molecule has 2 saturated heterocycles. The lowest BCUT2D eigenvalue weighted by Gasteiger charge is -2.47. The molecule has 1 unspecified atom stereocenters. The van der Waals surface area contributed by atoms with Crippen molar-refractivity contribution < 1.29 is 4.79 Å². The first kappa shape index (κ1) is 24.7. The second-order valence-corrected chi connectivity index (χ2v) is 9.61. The molecule has 2 fully saturated rings. The van der Waals surface area contributed by atoms with Gasteiger partial charge in [-0.25, -0.2) is 15.0 Å². The summed E-state index contributed by atoms with van der Waals surface area (Å²) in [5.41, 5.74) is 18.2. The molecule has 0 aliphatic carbocycles. The number of halogens is 2. The summed E-state index contributed by atoms with van der Waals surface area (Å²) in [7, 11) is 0. The normalized spacial score (nSPS) is 20.6. The number of aromatic nitrogens is 3. The molecule has 12 heteroatoms. The fourth-order valence-electron chi connectivity index (χ4n) is 4.97. The molecule has 1 atom stereocenters. The maximum absolute atomic E-state index is 11.5. The average Bonchev–Trinajstić information content (AvgIpc) is 2.82. The Morgan fingerprint density at radius 3 is 2.44 bits per heavy atom. The molecule has 0 aromatic carbocycles. The van der Waals surface area contributed by atoms with Gasteiger partial charge in [-0.05, 0) is 38.4 Å². The van der Waals surface area contributed by atoms with Crippen molar-refractivity contribution in [1.82, 2.24) is 24.8 Å². The number of carbonyl (C=O) groups is 1. The molecule has 0 saturated carbocycles. The zero-order valence-corrected chi connectivity index (χ0v) is 20.8. The van der Waals surface area contributed by atoms with E-state index in [1.165, 1.54) is 0 Å². The summed E-state index contributed by atoms with van der Waals surface area (Å²) >= 11 is 12.3. The van der Waals surface area contributed by atoms with Crippen LogP contribution >= 0.6 is 23.2 Å². The van der Waals surface area contributed by atoms with E-state index in [4.69, 9.17) is 40.4 Å². The zero-order chi connectivity index (χ0) is 24.4. The van der Waals surface area contributed by atoms with Crippen LogP contribution in [0.15, 0.2) is 12.1 Å². The van der Waals surface area contributed by atoms with Crippen LogP contribution in [0.3, 0.4) is 0 Å². The van der Waals surface area contributed by atoms with Gasteiger partial charge in [-0.2, -0.15) is 0 Å². The Morgan fingerprint density at radius 1 is 1.06 bits per heavy atom. The number of pyridine rings is 1. The van der Waals surface area contributed by atoms with Crippen molar-refractivity contribution in [1.29, 1.82) is 0 Å². The smallest absolute Gasteiger partial charge is 0.271 e. The van der Waals surface area contributed by atoms with Gasteiger partial charge < -0.3 is 22.1 Å². The van der Waals surface area contributed by atoms with Gasteiger partial charge in [0, 0.05) is 43.8 Å². The lowest BCUT2D eigenvalue weighted by Crippen LogP contribution is -2.58. The van der Waals surface area contributed by atoms with Crippen LogP contribution in [0.2, 0.25) is 10.3 Å².